The van der Waals surface area contributed by atoms with Crippen molar-refractivity contribution in [1.29, 1.82) is 0 Å². The number of nitrogens with two attached hydrogens (primary N) is 1. The fourth-order valence-electron chi connectivity index (χ4n) is 6.61. The van der Waals surface area contributed by atoms with Gasteiger partial charge in [0, 0.05) is 52.6 Å². The Bertz CT molecular complexity index is 1430. The number of hydrogen-bond acceptors (Lipinski definition) is 6. The molecular weight excluding hydrogens is 462 g/mol. The van der Waals surface area contributed by atoms with Gasteiger partial charge >= 0.3 is 0 Å². The summed E-state index contributed by atoms with van der Waals surface area (Å²) in [5, 5.41) is 7.91. The summed E-state index contributed by atoms with van der Waals surface area (Å²) in [6.07, 6.45) is 9.78. The highest BCUT2D eigenvalue weighted by molar-refractivity contribution is 5.83. The van der Waals surface area contributed by atoms with E-state index in [9.17, 15) is 4.79 Å². The molecule has 4 atom stereocenters. The molecule has 188 valence electrons. The summed E-state index contributed by atoms with van der Waals surface area (Å²) in [7, 11) is 0. The zero-order valence-corrected chi connectivity index (χ0v) is 20.8. The van der Waals surface area contributed by atoms with Crippen LogP contribution in [-0.4, -0.2) is 55.1 Å². The van der Waals surface area contributed by atoms with E-state index in [2.05, 4.69) is 33.5 Å². The van der Waals surface area contributed by atoms with Crippen LogP contribution in [0, 0.1) is 0 Å². The average molecular weight is 494 g/mol. The van der Waals surface area contributed by atoms with Crippen LogP contribution in [0.2, 0.25) is 0 Å². The SMILES string of the molecule is Nc1cc([C@H]2C[C@H]3CC[C@@H](C2)N3C(=O)[C@@H]2CCCN2)nc2c(-c3ccc(-c4ccccc4)nc3)cnn12. The summed E-state index contributed by atoms with van der Waals surface area (Å²) < 4.78 is 1.71. The van der Waals surface area contributed by atoms with Crippen molar-refractivity contribution < 1.29 is 4.79 Å². The van der Waals surface area contributed by atoms with Crippen LogP contribution in [-0.2, 0) is 4.79 Å². The number of benzene rings is 1. The van der Waals surface area contributed by atoms with Crippen LogP contribution < -0.4 is 11.1 Å². The Labute approximate surface area is 215 Å². The van der Waals surface area contributed by atoms with E-state index in [0.717, 1.165) is 78.8 Å². The molecule has 3 aliphatic heterocycles. The number of anilines is 1. The molecule has 37 heavy (non-hydrogen) atoms. The van der Waals surface area contributed by atoms with E-state index in [1.54, 1.807) is 4.52 Å². The van der Waals surface area contributed by atoms with Crippen LogP contribution in [0.5, 0.6) is 0 Å². The van der Waals surface area contributed by atoms with Crippen molar-refractivity contribution in [3.63, 3.8) is 0 Å². The third kappa shape index (κ3) is 3.87. The van der Waals surface area contributed by atoms with Gasteiger partial charge in [-0.05, 0) is 51.1 Å². The van der Waals surface area contributed by atoms with Gasteiger partial charge in [0.2, 0.25) is 5.91 Å². The molecule has 0 saturated carbocycles. The molecule has 3 fully saturated rings. The van der Waals surface area contributed by atoms with Gasteiger partial charge in [-0.2, -0.15) is 9.61 Å². The van der Waals surface area contributed by atoms with Crippen molar-refractivity contribution in [2.45, 2.75) is 62.6 Å². The van der Waals surface area contributed by atoms with Gasteiger partial charge in [-0.1, -0.05) is 36.4 Å². The summed E-state index contributed by atoms with van der Waals surface area (Å²) in [6.45, 7) is 0.948. The molecule has 3 aromatic heterocycles. The first-order valence-electron chi connectivity index (χ1n) is 13.4. The Morgan fingerprint density at radius 3 is 2.49 bits per heavy atom. The number of rotatable bonds is 4. The minimum Gasteiger partial charge on any atom is -0.384 e. The highest BCUT2D eigenvalue weighted by Gasteiger charge is 2.45. The van der Waals surface area contributed by atoms with Crippen LogP contribution in [0.15, 0.2) is 60.9 Å². The number of aromatic nitrogens is 4. The van der Waals surface area contributed by atoms with E-state index in [4.69, 9.17) is 15.7 Å². The lowest BCUT2D eigenvalue weighted by Crippen LogP contribution is -2.52. The Hall–Kier alpha value is -3.78. The first kappa shape index (κ1) is 22.4. The lowest BCUT2D eigenvalue weighted by atomic mass is 9.87. The standard InChI is InChI=1S/C29H31N7O/c30-27-15-26(20-13-21-9-10-22(14-20)35(21)29(37)25-7-4-12-31-25)34-28-23(17-33-36(27)28)19-8-11-24(32-16-19)18-5-2-1-3-6-18/h1-3,5-6,8,11,15-17,20-22,25,31H,4,7,9-10,12-14,30H2/t20-,21+,22-,25-/m0/s1. The second-order valence-corrected chi connectivity index (χ2v) is 10.6. The second kappa shape index (κ2) is 8.95. The van der Waals surface area contributed by atoms with Crippen molar-refractivity contribution in [1.82, 2.24) is 29.8 Å². The number of carbonyl (C=O) groups excluding carboxylic acids is 1. The Morgan fingerprint density at radius 2 is 1.78 bits per heavy atom. The Balaban J connectivity index is 1.17. The molecule has 6 heterocycles. The number of hydrogen-bond donors (Lipinski definition) is 2. The predicted octanol–water partition coefficient (Wildman–Crippen LogP) is 4.03. The lowest BCUT2D eigenvalue weighted by molar-refractivity contribution is -0.137. The van der Waals surface area contributed by atoms with Gasteiger partial charge in [0.1, 0.15) is 5.82 Å². The van der Waals surface area contributed by atoms with E-state index in [0.29, 0.717) is 11.7 Å². The largest absolute Gasteiger partial charge is 0.384 e. The maximum absolute atomic E-state index is 13.2. The van der Waals surface area contributed by atoms with Crippen molar-refractivity contribution in [3.8, 4) is 22.4 Å². The fraction of sp³-hybridized carbons (Fsp3) is 0.379. The molecular formula is C29H31N7O. The molecule has 2 bridgehead atoms. The zero-order valence-electron chi connectivity index (χ0n) is 20.8. The quantitative estimate of drug-likeness (QED) is 0.445. The number of fused-ring (bicyclic) bond motifs is 3. The first-order valence-corrected chi connectivity index (χ1v) is 13.4. The minimum absolute atomic E-state index is 0.000935. The van der Waals surface area contributed by atoms with Crippen molar-refractivity contribution >= 4 is 17.4 Å². The molecule has 1 aromatic carbocycles. The van der Waals surface area contributed by atoms with Gasteiger partial charge in [0.25, 0.3) is 0 Å². The molecule has 0 unspecified atom stereocenters. The molecule has 3 N–H and O–H groups in total. The smallest absolute Gasteiger partial charge is 0.240 e. The number of nitrogen functional groups attached to an aromatic ring is 1. The van der Waals surface area contributed by atoms with Gasteiger partial charge in [0.05, 0.1) is 17.9 Å². The van der Waals surface area contributed by atoms with Gasteiger partial charge in [-0.25, -0.2) is 4.98 Å². The van der Waals surface area contributed by atoms with Crippen LogP contribution >= 0.6 is 0 Å². The highest BCUT2D eigenvalue weighted by Crippen LogP contribution is 2.44. The summed E-state index contributed by atoms with van der Waals surface area (Å²) >= 11 is 0. The van der Waals surface area contributed by atoms with Gasteiger partial charge in [0.15, 0.2) is 5.65 Å². The maximum Gasteiger partial charge on any atom is 0.240 e. The van der Waals surface area contributed by atoms with E-state index in [1.165, 1.54) is 0 Å². The summed E-state index contributed by atoms with van der Waals surface area (Å²) in [6, 6.07) is 16.8. The number of pyridine rings is 1. The maximum atomic E-state index is 13.2. The number of nitrogens with one attached hydrogen (secondary N) is 1. The van der Waals surface area contributed by atoms with Crippen molar-refractivity contribution in [2.24, 2.45) is 0 Å². The number of nitrogens with zero attached hydrogens (tertiary/aromatic N) is 5. The fourth-order valence-corrected chi connectivity index (χ4v) is 6.61. The van der Waals surface area contributed by atoms with Crippen LogP contribution in [0.25, 0.3) is 28.0 Å². The molecule has 4 aromatic rings. The first-order chi connectivity index (χ1) is 18.2. The number of piperidine rings is 1. The van der Waals surface area contributed by atoms with Crippen molar-refractivity contribution in [3.05, 3.63) is 66.6 Å². The van der Waals surface area contributed by atoms with Gasteiger partial charge < -0.3 is 16.0 Å². The van der Waals surface area contributed by atoms with E-state index in [1.807, 2.05) is 42.7 Å². The Morgan fingerprint density at radius 1 is 0.973 bits per heavy atom. The third-order valence-corrected chi connectivity index (χ3v) is 8.43. The predicted molar refractivity (Wildman–Crippen MR) is 143 cm³/mol. The number of carbonyl (C=O) groups is 1. The monoisotopic (exact) mass is 493 g/mol. The molecule has 0 radical (unpaired) electrons. The average Bonchev–Trinajstić information content (AvgIpc) is 3.68. The molecule has 0 spiro atoms. The molecule has 0 aliphatic carbocycles. The highest BCUT2D eigenvalue weighted by atomic mass is 16.2. The summed E-state index contributed by atoms with van der Waals surface area (Å²) in [5.74, 6) is 1.17. The van der Waals surface area contributed by atoms with Crippen molar-refractivity contribution in [2.75, 3.05) is 12.3 Å². The van der Waals surface area contributed by atoms with Gasteiger partial charge in [-0.3, -0.25) is 9.78 Å². The van der Waals surface area contributed by atoms with E-state index < -0.39 is 0 Å². The molecule has 1 amide bonds. The molecule has 3 saturated heterocycles. The normalized spacial score (nSPS) is 25.1. The van der Waals surface area contributed by atoms with Gasteiger partial charge in [-0.15, -0.1) is 0 Å². The molecule has 7 rings (SSSR count). The number of amides is 1. The summed E-state index contributed by atoms with van der Waals surface area (Å²) in [4.78, 5) is 25.2. The molecule has 8 heteroatoms. The minimum atomic E-state index is 0.000935. The zero-order chi connectivity index (χ0) is 24.9. The second-order valence-electron chi connectivity index (χ2n) is 10.6. The Kier molecular flexibility index (Phi) is 5.43. The van der Waals surface area contributed by atoms with E-state index in [-0.39, 0.29) is 24.0 Å². The summed E-state index contributed by atoms with van der Waals surface area (Å²) in [5.41, 5.74) is 12.1. The molecule has 3 aliphatic rings. The van der Waals surface area contributed by atoms with E-state index >= 15 is 0 Å². The molecule has 8 nitrogen and oxygen atoms in total. The lowest BCUT2D eigenvalue weighted by Gasteiger charge is -2.40. The topological polar surface area (TPSA) is 101 Å². The third-order valence-electron chi connectivity index (χ3n) is 8.43. The van der Waals surface area contributed by atoms with Crippen LogP contribution in [0.3, 0.4) is 0 Å². The van der Waals surface area contributed by atoms with Crippen LogP contribution in [0.4, 0.5) is 5.82 Å². The van der Waals surface area contributed by atoms with Crippen LogP contribution in [0.1, 0.15) is 50.1 Å².